The van der Waals surface area contributed by atoms with Crippen LogP contribution in [0.5, 0.6) is 5.75 Å². The largest absolute Gasteiger partial charge is 0.434 e. The van der Waals surface area contributed by atoms with Crippen LogP contribution in [0.15, 0.2) is 17.0 Å². The van der Waals surface area contributed by atoms with Crippen molar-refractivity contribution in [3.63, 3.8) is 0 Å². The molecule has 1 aromatic carbocycles. The number of hydrogen-bond acceptors (Lipinski definition) is 2. The second kappa shape index (κ2) is 8.44. The van der Waals surface area contributed by atoms with Crippen LogP contribution in [0.1, 0.15) is 45.7 Å². The van der Waals surface area contributed by atoms with Crippen LogP contribution >= 0.6 is 0 Å². The maximum atomic E-state index is 12.4. The molecule has 21 heavy (non-hydrogen) atoms. The molecule has 0 radical (unpaired) electrons. The zero-order chi connectivity index (χ0) is 16.8. The van der Waals surface area contributed by atoms with Crippen LogP contribution in [0.25, 0.3) is 0 Å². The molecule has 3 nitrogen and oxygen atoms in total. The summed E-state index contributed by atoms with van der Waals surface area (Å²) >= 11 is 0. The van der Waals surface area contributed by atoms with E-state index in [1.54, 1.807) is 26.0 Å². The zero-order valence-electron chi connectivity index (χ0n) is 13.7. The van der Waals surface area contributed by atoms with Crippen molar-refractivity contribution >= 4 is 11.0 Å². The van der Waals surface area contributed by atoms with Crippen LogP contribution in [-0.2, 0) is 11.0 Å². The number of ether oxygens (including phenoxy) is 1. The van der Waals surface area contributed by atoms with Gasteiger partial charge in [-0.25, -0.2) is 8.93 Å². The zero-order valence-corrected chi connectivity index (χ0v) is 14.5. The SMILES string of the molecule is CC.Cc1ccc(S(=O)NC(C)(C)C)c(C)c1OC(F)F. The summed E-state index contributed by atoms with van der Waals surface area (Å²) in [6.07, 6.45) is 0. The second-order valence-corrected chi connectivity index (χ2v) is 6.52. The standard InChI is InChI=1S/C13H19F2NO2S.C2H6/c1-8-6-7-10(19(17)16-13(3,4)5)9(2)11(8)18-12(14)15;1-2/h6-7,12,16H,1-5H3;1-2H3. The van der Waals surface area contributed by atoms with Gasteiger partial charge in [-0.05, 0) is 46.2 Å². The first-order chi connectivity index (χ1) is 9.61. The normalized spacial score (nSPS) is 12.7. The number of alkyl halides is 2. The second-order valence-electron chi connectivity index (χ2n) is 5.33. The predicted molar refractivity (Wildman–Crippen MR) is 83.2 cm³/mol. The molecule has 1 atom stereocenters. The Morgan fingerprint density at radius 2 is 1.71 bits per heavy atom. The average Bonchev–Trinajstić information content (AvgIpc) is 2.34. The Morgan fingerprint density at radius 1 is 1.19 bits per heavy atom. The van der Waals surface area contributed by atoms with Crippen LogP contribution in [0.2, 0.25) is 0 Å². The van der Waals surface area contributed by atoms with E-state index < -0.39 is 17.6 Å². The minimum atomic E-state index is -2.89. The van der Waals surface area contributed by atoms with E-state index in [1.165, 1.54) is 0 Å². The molecule has 1 aromatic rings. The molecule has 0 amide bonds. The fraction of sp³-hybridized carbons (Fsp3) is 0.600. The van der Waals surface area contributed by atoms with Gasteiger partial charge in [-0.1, -0.05) is 19.9 Å². The van der Waals surface area contributed by atoms with Crippen molar-refractivity contribution in [1.82, 2.24) is 4.72 Å². The number of nitrogens with one attached hydrogen (secondary N) is 1. The van der Waals surface area contributed by atoms with Crippen molar-refractivity contribution in [1.29, 1.82) is 0 Å². The molecule has 6 heteroatoms. The van der Waals surface area contributed by atoms with E-state index in [1.807, 2.05) is 34.6 Å². The molecule has 0 saturated carbocycles. The van der Waals surface area contributed by atoms with E-state index >= 15 is 0 Å². The quantitative estimate of drug-likeness (QED) is 0.896. The van der Waals surface area contributed by atoms with E-state index in [2.05, 4.69) is 9.46 Å². The molecule has 0 spiro atoms. The van der Waals surface area contributed by atoms with E-state index in [-0.39, 0.29) is 11.3 Å². The summed E-state index contributed by atoms with van der Waals surface area (Å²) < 4.78 is 44.3. The number of hydrogen-bond donors (Lipinski definition) is 1. The van der Waals surface area contributed by atoms with Crippen molar-refractivity contribution in [2.24, 2.45) is 0 Å². The molecule has 122 valence electrons. The molecule has 1 N–H and O–H groups in total. The lowest BCUT2D eigenvalue weighted by atomic mass is 10.1. The van der Waals surface area contributed by atoms with Gasteiger partial charge in [-0.15, -0.1) is 0 Å². The summed E-state index contributed by atoms with van der Waals surface area (Å²) in [5, 5.41) is 0. The first-order valence-corrected chi connectivity index (χ1v) is 8.01. The van der Waals surface area contributed by atoms with Gasteiger partial charge in [0.25, 0.3) is 0 Å². The third-order valence-electron chi connectivity index (χ3n) is 2.36. The Bertz CT molecular complexity index is 485. The van der Waals surface area contributed by atoms with Gasteiger partial charge in [0.1, 0.15) is 16.7 Å². The van der Waals surface area contributed by atoms with Gasteiger partial charge < -0.3 is 4.74 Å². The highest BCUT2D eigenvalue weighted by Crippen LogP contribution is 2.29. The Hall–Kier alpha value is -1.01. The van der Waals surface area contributed by atoms with Gasteiger partial charge in [-0.3, -0.25) is 0 Å². The molecular weight excluding hydrogens is 296 g/mol. The lowest BCUT2D eigenvalue weighted by Crippen LogP contribution is -2.37. The molecule has 0 aliphatic heterocycles. The fourth-order valence-electron chi connectivity index (χ4n) is 1.61. The number of halogens is 2. The van der Waals surface area contributed by atoms with Gasteiger partial charge in [0.05, 0.1) is 4.90 Å². The van der Waals surface area contributed by atoms with E-state index in [0.717, 1.165) is 0 Å². The third-order valence-corrected chi connectivity index (χ3v) is 4.00. The minimum absolute atomic E-state index is 0.0940. The number of benzene rings is 1. The predicted octanol–water partition coefficient (Wildman–Crippen LogP) is 4.34. The molecule has 0 aliphatic carbocycles. The topological polar surface area (TPSA) is 38.3 Å². The monoisotopic (exact) mass is 321 g/mol. The highest BCUT2D eigenvalue weighted by atomic mass is 32.2. The maximum Gasteiger partial charge on any atom is 0.387 e. The lowest BCUT2D eigenvalue weighted by molar-refractivity contribution is -0.0509. The number of aryl methyl sites for hydroxylation is 1. The Labute approximate surface area is 128 Å². The van der Waals surface area contributed by atoms with Crippen LogP contribution in [0.4, 0.5) is 8.78 Å². The Balaban J connectivity index is 0.00000191. The van der Waals surface area contributed by atoms with Gasteiger partial charge in [0.2, 0.25) is 0 Å². The van der Waals surface area contributed by atoms with Crippen molar-refractivity contribution in [3.05, 3.63) is 23.3 Å². The molecular formula is C15H25F2NO2S. The highest BCUT2D eigenvalue weighted by molar-refractivity contribution is 7.83. The van der Waals surface area contributed by atoms with Gasteiger partial charge >= 0.3 is 6.61 Å². The maximum absolute atomic E-state index is 12.4. The fourth-order valence-corrected chi connectivity index (χ4v) is 2.84. The van der Waals surface area contributed by atoms with Gasteiger partial charge in [0.15, 0.2) is 0 Å². The van der Waals surface area contributed by atoms with Crippen LogP contribution < -0.4 is 9.46 Å². The van der Waals surface area contributed by atoms with Gasteiger partial charge in [-0.2, -0.15) is 8.78 Å². The van der Waals surface area contributed by atoms with Crippen molar-refractivity contribution in [2.75, 3.05) is 0 Å². The Kier molecular flexibility index (Phi) is 8.03. The summed E-state index contributed by atoms with van der Waals surface area (Å²) in [7, 11) is -1.47. The van der Waals surface area contributed by atoms with E-state index in [0.29, 0.717) is 16.0 Å². The molecule has 1 rings (SSSR count). The third kappa shape index (κ3) is 6.52. The van der Waals surface area contributed by atoms with Crippen LogP contribution in [0, 0.1) is 13.8 Å². The summed E-state index contributed by atoms with van der Waals surface area (Å²) in [5.74, 6) is 0.0940. The summed E-state index contributed by atoms with van der Waals surface area (Å²) in [4.78, 5) is 0.455. The summed E-state index contributed by atoms with van der Waals surface area (Å²) in [6.45, 7) is 10.1. The molecule has 0 fully saturated rings. The first-order valence-electron chi connectivity index (χ1n) is 6.86. The highest BCUT2D eigenvalue weighted by Gasteiger charge is 2.20. The molecule has 0 aliphatic rings. The molecule has 1 unspecified atom stereocenters. The molecule has 0 heterocycles. The van der Waals surface area contributed by atoms with Crippen molar-refractivity contribution < 1.29 is 17.7 Å². The first kappa shape index (κ1) is 20.0. The summed E-state index contributed by atoms with van der Waals surface area (Å²) in [6, 6.07) is 3.29. The molecule has 0 aromatic heterocycles. The van der Waals surface area contributed by atoms with Crippen LogP contribution in [0.3, 0.4) is 0 Å². The average molecular weight is 321 g/mol. The molecule has 0 bridgehead atoms. The van der Waals surface area contributed by atoms with E-state index in [9.17, 15) is 13.0 Å². The Morgan fingerprint density at radius 3 is 2.14 bits per heavy atom. The minimum Gasteiger partial charge on any atom is -0.434 e. The van der Waals surface area contributed by atoms with Crippen LogP contribution in [-0.4, -0.2) is 16.4 Å². The van der Waals surface area contributed by atoms with Crippen molar-refractivity contribution in [2.45, 2.75) is 65.5 Å². The van der Waals surface area contributed by atoms with E-state index in [4.69, 9.17) is 0 Å². The molecule has 0 saturated heterocycles. The summed E-state index contributed by atoms with van der Waals surface area (Å²) in [5.41, 5.74) is 0.719. The van der Waals surface area contributed by atoms with Gasteiger partial charge in [0, 0.05) is 11.1 Å². The van der Waals surface area contributed by atoms with Crippen molar-refractivity contribution in [3.8, 4) is 5.75 Å². The smallest absolute Gasteiger partial charge is 0.387 e. The number of rotatable bonds is 4. The lowest BCUT2D eigenvalue weighted by Gasteiger charge is -2.21.